The van der Waals surface area contributed by atoms with Crippen molar-refractivity contribution in [2.45, 2.75) is 13.3 Å². The van der Waals surface area contributed by atoms with Gasteiger partial charge in [-0.25, -0.2) is 0 Å². The van der Waals surface area contributed by atoms with Gasteiger partial charge < -0.3 is 5.11 Å². The number of hydrogen-bond donors (Lipinski definition) is 1. The molecule has 0 saturated carbocycles. The minimum Gasteiger partial charge on any atom is -0.396 e. The SMILES string of the molecule is C#C/C(=C\CCO)c1ccc(C)cc1. The van der Waals surface area contributed by atoms with Crippen LogP contribution in [-0.2, 0) is 0 Å². The fourth-order valence-electron chi connectivity index (χ4n) is 1.20. The van der Waals surface area contributed by atoms with Gasteiger partial charge in [0.2, 0.25) is 0 Å². The zero-order valence-electron chi connectivity index (χ0n) is 8.33. The van der Waals surface area contributed by atoms with Crippen LogP contribution in [0.2, 0.25) is 0 Å². The molecule has 1 aromatic rings. The van der Waals surface area contributed by atoms with E-state index >= 15 is 0 Å². The van der Waals surface area contributed by atoms with Crippen LogP contribution in [0.15, 0.2) is 30.3 Å². The molecule has 0 aliphatic carbocycles. The van der Waals surface area contributed by atoms with Gasteiger partial charge in [-0.2, -0.15) is 0 Å². The molecule has 1 N–H and O–H groups in total. The predicted molar refractivity (Wildman–Crippen MR) is 59.7 cm³/mol. The summed E-state index contributed by atoms with van der Waals surface area (Å²) >= 11 is 0. The van der Waals surface area contributed by atoms with E-state index in [0.717, 1.165) is 11.1 Å². The van der Waals surface area contributed by atoms with Gasteiger partial charge in [0.1, 0.15) is 0 Å². The quantitative estimate of drug-likeness (QED) is 0.719. The van der Waals surface area contributed by atoms with Crippen LogP contribution in [-0.4, -0.2) is 11.7 Å². The van der Waals surface area contributed by atoms with Gasteiger partial charge in [-0.15, -0.1) is 6.42 Å². The number of terminal acetylenes is 1. The first-order chi connectivity index (χ1) is 6.77. The largest absolute Gasteiger partial charge is 0.396 e. The monoisotopic (exact) mass is 186 g/mol. The molecule has 14 heavy (non-hydrogen) atoms. The zero-order valence-corrected chi connectivity index (χ0v) is 8.33. The summed E-state index contributed by atoms with van der Waals surface area (Å²) in [5.74, 6) is 2.62. The number of benzene rings is 1. The maximum absolute atomic E-state index is 8.69. The molecular weight excluding hydrogens is 172 g/mol. The van der Waals surface area contributed by atoms with E-state index in [2.05, 4.69) is 5.92 Å². The maximum atomic E-state index is 8.69. The fourth-order valence-corrected chi connectivity index (χ4v) is 1.20. The van der Waals surface area contributed by atoms with Gasteiger partial charge in [0, 0.05) is 12.2 Å². The van der Waals surface area contributed by atoms with Crippen LogP contribution >= 0.6 is 0 Å². The van der Waals surface area contributed by atoms with E-state index in [1.54, 1.807) is 0 Å². The van der Waals surface area contributed by atoms with Crippen LogP contribution in [0.25, 0.3) is 5.57 Å². The van der Waals surface area contributed by atoms with Crippen molar-refractivity contribution in [2.75, 3.05) is 6.61 Å². The molecule has 1 nitrogen and oxygen atoms in total. The van der Waals surface area contributed by atoms with E-state index in [-0.39, 0.29) is 6.61 Å². The highest BCUT2D eigenvalue weighted by atomic mass is 16.2. The fraction of sp³-hybridized carbons (Fsp3) is 0.231. The van der Waals surface area contributed by atoms with Crippen LogP contribution in [0.3, 0.4) is 0 Å². The number of rotatable bonds is 3. The summed E-state index contributed by atoms with van der Waals surface area (Å²) in [6, 6.07) is 8.05. The molecule has 0 atom stereocenters. The number of aliphatic hydroxyl groups is 1. The van der Waals surface area contributed by atoms with Crippen LogP contribution in [0.1, 0.15) is 17.5 Å². The van der Waals surface area contributed by atoms with E-state index in [4.69, 9.17) is 11.5 Å². The minimum absolute atomic E-state index is 0.136. The van der Waals surface area contributed by atoms with E-state index in [9.17, 15) is 0 Å². The van der Waals surface area contributed by atoms with Crippen molar-refractivity contribution >= 4 is 5.57 Å². The first-order valence-corrected chi connectivity index (χ1v) is 4.62. The molecule has 0 aliphatic rings. The second-order valence-corrected chi connectivity index (χ2v) is 3.14. The van der Waals surface area contributed by atoms with Gasteiger partial charge in [0.15, 0.2) is 0 Å². The highest BCUT2D eigenvalue weighted by molar-refractivity contribution is 5.78. The molecule has 0 radical (unpaired) electrons. The molecule has 0 amide bonds. The third kappa shape index (κ3) is 2.76. The Hall–Kier alpha value is -1.52. The molecule has 1 heteroatoms. The molecule has 0 aliphatic heterocycles. The zero-order chi connectivity index (χ0) is 10.4. The second kappa shape index (κ2) is 5.26. The summed E-state index contributed by atoms with van der Waals surface area (Å²) in [5, 5.41) is 8.69. The molecule has 0 spiro atoms. The van der Waals surface area contributed by atoms with Crippen LogP contribution in [0, 0.1) is 19.3 Å². The minimum atomic E-state index is 0.136. The second-order valence-electron chi connectivity index (χ2n) is 3.14. The van der Waals surface area contributed by atoms with Crippen molar-refractivity contribution in [3.63, 3.8) is 0 Å². The molecule has 0 saturated heterocycles. The highest BCUT2D eigenvalue weighted by Gasteiger charge is 1.96. The Morgan fingerprint density at radius 1 is 1.43 bits per heavy atom. The van der Waals surface area contributed by atoms with Crippen LogP contribution < -0.4 is 0 Å². The van der Waals surface area contributed by atoms with Crippen molar-refractivity contribution in [2.24, 2.45) is 0 Å². The van der Waals surface area contributed by atoms with Gasteiger partial charge in [0.05, 0.1) is 0 Å². The van der Waals surface area contributed by atoms with Gasteiger partial charge in [-0.3, -0.25) is 0 Å². The number of hydrogen-bond acceptors (Lipinski definition) is 1. The van der Waals surface area contributed by atoms with Gasteiger partial charge in [-0.05, 0) is 18.9 Å². The van der Waals surface area contributed by atoms with Crippen molar-refractivity contribution in [1.29, 1.82) is 0 Å². The highest BCUT2D eigenvalue weighted by Crippen LogP contribution is 2.14. The van der Waals surface area contributed by atoms with E-state index < -0.39 is 0 Å². The molecule has 1 aromatic carbocycles. The Labute approximate surface area is 85.1 Å². The van der Waals surface area contributed by atoms with Crippen molar-refractivity contribution in [3.05, 3.63) is 41.5 Å². The standard InChI is InChI=1S/C13H14O/c1-3-12(5-4-10-14)13-8-6-11(2)7-9-13/h1,5-9,14H,4,10H2,2H3/b12-5+. The third-order valence-corrected chi connectivity index (χ3v) is 2.00. The van der Waals surface area contributed by atoms with Crippen molar-refractivity contribution < 1.29 is 5.11 Å². The molecular formula is C13H14O. The normalized spacial score (nSPS) is 11.1. The topological polar surface area (TPSA) is 20.2 Å². The first kappa shape index (κ1) is 10.6. The average Bonchev–Trinajstić information content (AvgIpc) is 2.21. The smallest absolute Gasteiger partial charge is 0.0466 e. The molecule has 0 unspecified atom stereocenters. The van der Waals surface area contributed by atoms with Gasteiger partial charge in [-0.1, -0.05) is 41.8 Å². The van der Waals surface area contributed by atoms with Gasteiger partial charge >= 0.3 is 0 Å². The van der Waals surface area contributed by atoms with Crippen LogP contribution in [0.5, 0.6) is 0 Å². The van der Waals surface area contributed by atoms with Crippen molar-refractivity contribution in [3.8, 4) is 12.3 Å². The Balaban J connectivity index is 2.91. The Bertz CT molecular complexity index is 352. The summed E-state index contributed by atoms with van der Waals surface area (Å²) in [5.41, 5.74) is 3.10. The summed E-state index contributed by atoms with van der Waals surface area (Å²) in [6.45, 7) is 2.17. The Morgan fingerprint density at radius 3 is 2.57 bits per heavy atom. The summed E-state index contributed by atoms with van der Waals surface area (Å²) < 4.78 is 0. The molecule has 1 rings (SSSR count). The lowest BCUT2D eigenvalue weighted by molar-refractivity contribution is 0.303. The summed E-state index contributed by atoms with van der Waals surface area (Å²) in [7, 11) is 0. The Kier molecular flexibility index (Phi) is 3.97. The van der Waals surface area contributed by atoms with E-state index in [0.29, 0.717) is 6.42 Å². The number of aryl methyl sites for hydroxylation is 1. The van der Waals surface area contributed by atoms with E-state index in [1.807, 2.05) is 37.3 Å². The third-order valence-electron chi connectivity index (χ3n) is 2.00. The van der Waals surface area contributed by atoms with Gasteiger partial charge in [0.25, 0.3) is 0 Å². The molecule has 72 valence electrons. The average molecular weight is 186 g/mol. The van der Waals surface area contributed by atoms with Crippen LogP contribution in [0.4, 0.5) is 0 Å². The molecule has 0 heterocycles. The van der Waals surface area contributed by atoms with E-state index in [1.165, 1.54) is 5.56 Å². The van der Waals surface area contributed by atoms with Crippen molar-refractivity contribution in [1.82, 2.24) is 0 Å². The summed E-state index contributed by atoms with van der Waals surface area (Å²) in [4.78, 5) is 0. The maximum Gasteiger partial charge on any atom is 0.0466 e. The molecule has 0 aromatic heterocycles. The lowest BCUT2D eigenvalue weighted by Crippen LogP contribution is -1.84. The first-order valence-electron chi connectivity index (χ1n) is 4.62. The molecule has 0 bridgehead atoms. The number of aliphatic hydroxyl groups excluding tert-OH is 1. The number of allylic oxidation sites excluding steroid dienone is 1. The Morgan fingerprint density at radius 2 is 2.07 bits per heavy atom. The molecule has 0 fully saturated rings. The predicted octanol–water partition coefficient (Wildman–Crippen LogP) is 2.39. The lowest BCUT2D eigenvalue weighted by atomic mass is 10.0. The lowest BCUT2D eigenvalue weighted by Gasteiger charge is -2.00. The summed E-state index contributed by atoms with van der Waals surface area (Å²) in [6.07, 6.45) is 7.87.